The van der Waals surface area contributed by atoms with Gasteiger partial charge in [0.05, 0.1) is 11.6 Å². The summed E-state index contributed by atoms with van der Waals surface area (Å²) >= 11 is 5.85. The van der Waals surface area contributed by atoms with Crippen LogP contribution in [0.2, 0.25) is 5.02 Å². The van der Waals surface area contributed by atoms with Crippen molar-refractivity contribution >= 4 is 28.5 Å². The lowest BCUT2D eigenvalue weighted by Crippen LogP contribution is -2.19. The summed E-state index contributed by atoms with van der Waals surface area (Å²) in [6.45, 7) is 0. The van der Waals surface area contributed by atoms with Crippen molar-refractivity contribution in [2.45, 2.75) is 18.6 Å². The third-order valence-electron chi connectivity index (χ3n) is 3.35. The van der Waals surface area contributed by atoms with Crippen molar-refractivity contribution in [3.63, 3.8) is 0 Å². The number of aromatic nitrogens is 1. The van der Waals surface area contributed by atoms with Crippen molar-refractivity contribution < 1.29 is 18.7 Å². The topological polar surface area (TPSA) is 59.3 Å². The van der Waals surface area contributed by atoms with Crippen LogP contribution in [-0.2, 0) is 0 Å². The van der Waals surface area contributed by atoms with Crippen molar-refractivity contribution in [2.24, 2.45) is 0 Å². The minimum absolute atomic E-state index is 0.0320. The van der Waals surface area contributed by atoms with E-state index in [1.807, 2.05) is 0 Å². The Bertz CT molecular complexity index is 802. The predicted molar refractivity (Wildman–Crippen MR) is 68.7 cm³/mol. The Morgan fingerprint density at radius 2 is 2.10 bits per heavy atom. The third kappa shape index (κ3) is 1.79. The molecule has 0 aliphatic heterocycles. The molecule has 0 spiro atoms. The van der Waals surface area contributed by atoms with Crippen LogP contribution in [0.15, 0.2) is 23.1 Å². The van der Waals surface area contributed by atoms with E-state index in [9.17, 15) is 18.4 Å². The van der Waals surface area contributed by atoms with Crippen LogP contribution < -0.4 is 5.43 Å². The normalized spacial score (nSPS) is 21.1. The van der Waals surface area contributed by atoms with Crippen LogP contribution in [0.3, 0.4) is 0 Å². The van der Waals surface area contributed by atoms with Crippen LogP contribution in [0.1, 0.15) is 22.8 Å². The van der Waals surface area contributed by atoms with E-state index in [-0.39, 0.29) is 22.3 Å². The van der Waals surface area contributed by atoms with Gasteiger partial charge in [0.2, 0.25) is 5.43 Å². The maximum absolute atomic E-state index is 13.5. The Hall–Kier alpha value is -1.95. The molecule has 0 radical (unpaired) electrons. The molecule has 20 heavy (non-hydrogen) atoms. The van der Waals surface area contributed by atoms with Crippen molar-refractivity contribution in [2.75, 3.05) is 0 Å². The molecule has 1 saturated carbocycles. The highest BCUT2D eigenvalue weighted by Gasteiger charge is 2.40. The number of alkyl halides is 1. The number of nitrogens with zero attached hydrogens (tertiary/aromatic N) is 1. The predicted octanol–water partition coefficient (Wildman–Crippen LogP) is 2.78. The number of carbonyl (C=O) groups is 1. The number of hydrogen-bond acceptors (Lipinski definition) is 2. The molecule has 0 bridgehead atoms. The summed E-state index contributed by atoms with van der Waals surface area (Å²) < 4.78 is 28.1. The number of fused-ring (bicyclic) bond motifs is 1. The second-order valence-electron chi connectivity index (χ2n) is 4.66. The molecule has 0 unspecified atom stereocenters. The molecule has 0 saturated heterocycles. The monoisotopic (exact) mass is 299 g/mol. The number of benzene rings is 1. The van der Waals surface area contributed by atoms with Crippen molar-refractivity contribution in [1.29, 1.82) is 0 Å². The zero-order chi connectivity index (χ0) is 14.6. The Morgan fingerprint density at radius 1 is 1.45 bits per heavy atom. The molecule has 1 heterocycles. The zero-order valence-corrected chi connectivity index (χ0v) is 10.7. The summed E-state index contributed by atoms with van der Waals surface area (Å²) in [5.74, 6) is -2.16. The lowest BCUT2D eigenvalue weighted by molar-refractivity contribution is 0.0694. The van der Waals surface area contributed by atoms with Gasteiger partial charge in [-0.1, -0.05) is 11.6 Å². The summed E-state index contributed by atoms with van der Waals surface area (Å²) in [6.07, 6.45) is 0.0635. The largest absolute Gasteiger partial charge is 0.477 e. The number of rotatable bonds is 2. The summed E-state index contributed by atoms with van der Waals surface area (Å²) in [6, 6.07) is 1.54. The molecule has 4 nitrogen and oxygen atoms in total. The van der Waals surface area contributed by atoms with Crippen molar-refractivity contribution in [1.82, 2.24) is 4.57 Å². The summed E-state index contributed by atoms with van der Waals surface area (Å²) in [7, 11) is 0. The third-order valence-corrected chi connectivity index (χ3v) is 3.71. The van der Waals surface area contributed by atoms with Gasteiger partial charge in [-0.25, -0.2) is 13.6 Å². The molecule has 0 amide bonds. The fourth-order valence-corrected chi connectivity index (χ4v) is 2.50. The molecular formula is C13H8ClF2NO3. The van der Waals surface area contributed by atoms with Gasteiger partial charge in [0.1, 0.15) is 22.6 Å². The fourth-order valence-electron chi connectivity index (χ4n) is 2.24. The Kier molecular flexibility index (Phi) is 2.79. The van der Waals surface area contributed by atoms with Gasteiger partial charge in [0, 0.05) is 18.0 Å². The molecule has 1 aromatic carbocycles. The number of aromatic carboxylic acids is 1. The van der Waals surface area contributed by atoms with E-state index in [2.05, 4.69) is 0 Å². The maximum atomic E-state index is 13.5. The second kappa shape index (κ2) is 4.28. The van der Waals surface area contributed by atoms with Crippen LogP contribution in [0.4, 0.5) is 8.78 Å². The first-order chi connectivity index (χ1) is 9.41. The fraction of sp³-hybridized carbons (Fsp3) is 0.231. The van der Waals surface area contributed by atoms with Crippen LogP contribution in [0.25, 0.3) is 10.9 Å². The molecule has 2 aromatic rings. The van der Waals surface area contributed by atoms with Crippen LogP contribution >= 0.6 is 11.6 Å². The summed E-state index contributed by atoms with van der Waals surface area (Å²) in [5, 5.41) is 8.69. The Balaban J connectivity index is 2.45. The van der Waals surface area contributed by atoms with Crippen LogP contribution in [-0.4, -0.2) is 21.8 Å². The number of pyridine rings is 1. The highest BCUT2D eigenvalue weighted by atomic mass is 35.5. The summed E-state index contributed by atoms with van der Waals surface area (Å²) in [4.78, 5) is 23.1. The quantitative estimate of drug-likeness (QED) is 0.927. The molecule has 1 aliphatic carbocycles. The lowest BCUT2D eigenvalue weighted by Gasteiger charge is -2.13. The first-order valence-corrected chi connectivity index (χ1v) is 6.20. The highest BCUT2D eigenvalue weighted by Crippen LogP contribution is 2.41. The average molecular weight is 300 g/mol. The van der Waals surface area contributed by atoms with E-state index in [0.29, 0.717) is 0 Å². The van der Waals surface area contributed by atoms with Gasteiger partial charge in [-0.05, 0) is 12.1 Å². The molecule has 2 atom stereocenters. The number of carboxylic acids is 1. The van der Waals surface area contributed by atoms with Gasteiger partial charge in [-0.2, -0.15) is 0 Å². The molecule has 104 valence electrons. The number of hydrogen-bond donors (Lipinski definition) is 1. The van der Waals surface area contributed by atoms with E-state index in [1.54, 1.807) is 0 Å². The lowest BCUT2D eigenvalue weighted by atomic mass is 10.1. The minimum atomic E-state index is -1.41. The van der Waals surface area contributed by atoms with Crippen LogP contribution in [0.5, 0.6) is 0 Å². The molecule has 3 rings (SSSR count). The highest BCUT2D eigenvalue weighted by molar-refractivity contribution is 6.35. The molecule has 1 fully saturated rings. The van der Waals surface area contributed by atoms with E-state index >= 15 is 0 Å². The minimum Gasteiger partial charge on any atom is -0.477 e. The van der Waals surface area contributed by atoms with Gasteiger partial charge in [-0.3, -0.25) is 4.79 Å². The van der Waals surface area contributed by atoms with E-state index in [1.165, 1.54) is 4.57 Å². The molecule has 1 aromatic heterocycles. The van der Waals surface area contributed by atoms with Gasteiger partial charge in [-0.15, -0.1) is 0 Å². The second-order valence-corrected chi connectivity index (χ2v) is 5.04. The van der Waals surface area contributed by atoms with E-state index in [4.69, 9.17) is 16.7 Å². The smallest absolute Gasteiger partial charge is 0.341 e. The van der Waals surface area contributed by atoms with Gasteiger partial charge in [0.15, 0.2) is 0 Å². The maximum Gasteiger partial charge on any atom is 0.341 e. The standard InChI is InChI=1S/C13H8ClF2NO3/c14-10-7(15)2-1-5-11(10)17(9-3-8(9)16)4-6(12(5)18)13(19)20/h1-2,4,8-9H,3H2,(H,19,20)/t8-,9+/m0/s1. The molecular weight excluding hydrogens is 292 g/mol. The van der Waals surface area contributed by atoms with Gasteiger partial charge in [0.25, 0.3) is 0 Å². The molecule has 7 heteroatoms. The number of halogens is 3. The SMILES string of the molecule is O=C(O)c1cn([C@@H]2C[C@@H]2F)c2c(Cl)c(F)ccc2c1=O. The first kappa shape index (κ1) is 13.1. The van der Waals surface area contributed by atoms with E-state index in [0.717, 1.165) is 18.3 Å². The molecule has 1 N–H and O–H groups in total. The van der Waals surface area contributed by atoms with Crippen molar-refractivity contribution in [3.05, 3.63) is 45.0 Å². The van der Waals surface area contributed by atoms with Gasteiger partial charge >= 0.3 is 5.97 Å². The zero-order valence-electron chi connectivity index (χ0n) is 9.94. The van der Waals surface area contributed by atoms with Crippen molar-refractivity contribution in [3.8, 4) is 0 Å². The van der Waals surface area contributed by atoms with Gasteiger partial charge < -0.3 is 9.67 Å². The first-order valence-electron chi connectivity index (χ1n) is 5.82. The van der Waals surface area contributed by atoms with E-state index < -0.39 is 35.0 Å². The Labute approximate surface area is 116 Å². The van der Waals surface area contributed by atoms with Crippen LogP contribution in [0, 0.1) is 5.82 Å². The number of carboxylic acid groups (broad SMARTS) is 1. The molecule has 1 aliphatic rings. The average Bonchev–Trinajstić information content (AvgIpc) is 3.11. The summed E-state index contributed by atoms with van der Waals surface area (Å²) in [5.41, 5.74) is -1.22. The Morgan fingerprint density at radius 3 is 2.65 bits per heavy atom.